The molecule has 5 rings (SSSR count). The van der Waals surface area contributed by atoms with E-state index in [-0.39, 0.29) is 11.8 Å². The molecule has 1 aromatic carbocycles. The quantitative estimate of drug-likeness (QED) is 0.704. The van der Waals surface area contributed by atoms with Gasteiger partial charge in [0.1, 0.15) is 11.3 Å². The fourth-order valence-electron chi connectivity index (χ4n) is 4.13. The largest absolute Gasteiger partial charge is 0.440 e. The van der Waals surface area contributed by atoms with Gasteiger partial charge in [0.25, 0.3) is 5.91 Å². The molecule has 1 atom stereocenters. The Hall–Kier alpha value is -2.63. The first kappa shape index (κ1) is 15.6. The number of nitrogens with zero attached hydrogens (tertiary/aromatic N) is 3. The van der Waals surface area contributed by atoms with Crippen LogP contribution in [-0.2, 0) is 12.8 Å². The molecule has 1 aliphatic carbocycles. The average molecular weight is 351 g/mol. The molecule has 3 aromatic rings. The highest BCUT2D eigenvalue weighted by atomic mass is 16.5. The Balaban J connectivity index is 1.38. The third-order valence-corrected chi connectivity index (χ3v) is 5.52. The van der Waals surface area contributed by atoms with Crippen molar-refractivity contribution < 1.29 is 13.7 Å². The summed E-state index contributed by atoms with van der Waals surface area (Å²) in [6.45, 7) is 1.37. The van der Waals surface area contributed by atoms with Crippen molar-refractivity contribution >= 4 is 17.0 Å². The summed E-state index contributed by atoms with van der Waals surface area (Å²) in [4.78, 5) is 19.5. The van der Waals surface area contributed by atoms with Crippen LogP contribution in [0.3, 0.4) is 0 Å². The number of likely N-dealkylation sites (tertiary alicyclic amines) is 1. The summed E-state index contributed by atoms with van der Waals surface area (Å²) in [6, 6.07) is 7.79. The Kier molecular flexibility index (Phi) is 3.76. The predicted molar refractivity (Wildman–Crippen MR) is 95.0 cm³/mol. The number of carbonyl (C=O) groups is 1. The van der Waals surface area contributed by atoms with Crippen LogP contribution in [0.25, 0.3) is 11.1 Å². The number of piperidine rings is 1. The van der Waals surface area contributed by atoms with Crippen molar-refractivity contribution in [3.63, 3.8) is 0 Å². The second-order valence-electron chi connectivity index (χ2n) is 7.25. The van der Waals surface area contributed by atoms with Crippen molar-refractivity contribution in [2.45, 2.75) is 44.4 Å². The molecule has 1 fully saturated rings. The molecular weight excluding hydrogens is 330 g/mol. The highest BCUT2D eigenvalue weighted by molar-refractivity contribution is 5.94. The molecule has 1 saturated heterocycles. The van der Waals surface area contributed by atoms with E-state index in [9.17, 15) is 4.79 Å². The zero-order chi connectivity index (χ0) is 17.5. The van der Waals surface area contributed by atoms with E-state index < -0.39 is 0 Å². The van der Waals surface area contributed by atoms with Crippen molar-refractivity contribution in [2.75, 3.05) is 13.1 Å². The molecule has 6 heteroatoms. The topological polar surface area (TPSA) is 72.4 Å². The van der Waals surface area contributed by atoms with Gasteiger partial charge in [-0.25, -0.2) is 4.98 Å². The molecule has 0 spiro atoms. The molecule has 1 aliphatic heterocycles. The maximum Gasteiger partial charge on any atom is 0.276 e. The van der Waals surface area contributed by atoms with Crippen LogP contribution in [0, 0.1) is 0 Å². The number of aryl methyl sites for hydroxylation is 1. The van der Waals surface area contributed by atoms with E-state index in [1.165, 1.54) is 0 Å². The average Bonchev–Trinajstić information content (AvgIpc) is 3.32. The zero-order valence-electron chi connectivity index (χ0n) is 14.6. The van der Waals surface area contributed by atoms with Gasteiger partial charge >= 0.3 is 0 Å². The van der Waals surface area contributed by atoms with Crippen molar-refractivity contribution in [3.8, 4) is 0 Å². The van der Waals surface area contributed by atoms with Gasteiger partial charge in [0.15, 0.2) is 17.2 Å². The molecule has 0 bridgehead atoms. The highest BCUT2D eigenvalue weighted by Crippen LogP contribution is 2.31. The molecule has 0 saturated carbocycles. The zero-order valence-corrected chi connectivity index (χ0v) is 14.6. The number of oxazole rings is 1. The van der Waals surface area contributed by atoms with Crippen LogP contribution >= 0.6 is 0 Å². The molecule has 2 aliphatic rings. The molecule has 3 heterocycles. The fourth-order valence-corrected chi connectivity index (χ4v) is 4.13. The Bertz CT molecular complexity index is 925. The van der Waals surface area contributed by atoms with Gasteiger partial charge in [0, 0.05) is 25.1 Å². The van der Waals surface area contributed by atoms with Crippen molar-refractivity contribution in [2.24, 2.45) is 0 Å². The van der Waals surface area contributed by atoms with Gasteiger partial charge in [0.2, 0.25) is 0 Å². The van der Waals surface area contributed by atoms with Crippen LogP contribution < -0.4 is 0 Å². The number of carbonyl (C=O) groups excluding carboxylic acids is 1. The lowest BCUT2D eigenvalue weighted by atomic mass is 9.94. The SMILES string of the molecule is O=C(c1noc2c1CCCC2)N1CCCC(c2nc3ccccc3o2)C1. The number of para-hydroxylation sites is 2. The molecule has 6 nitrogen and oxygen atoms in total. The Labute approximate surface area is 151 Å². The number of amides is 1. The highest BCUT2D eigenvalue weighted by Gasteiger charge is 2.32. The number of rotatable bonds is 2. The number of hydrogen-bond acceptors (Lipinski definition) is 5. The standard InChI is InChI=1S/C20H21N3O3/c24-20(18-14-7-1-3-9-16(14)26-22-18)23-11-5-6-13(12-23)19-21-15-8-2-4-10-17(15)25-19/h2,4,8,10,13H,1,3,5-7,9,11-12H2. The van der Waals surface area contributed by atoms with Crippen LogP contribution in [0.4, 0.5) is 0 Å². The summed E-state index contributed by atoms with van der Waals surface area (Å²) >= 11 is 0. The first-order chi connectivity index (χ1) is 12.8. The minimum absolute atomic E-state index is 0.0160. The Morgan fingerprint density at radius 2 is 2.04 bits per heavy atom. The number of hydrogen-bond donors (Lipinski definition) is 0. The van der Waals surface area contributed by atoms with Gasteiger partial charge in [-0.15, -0.1) is 0 Å². The number of benzene rings is 1. The van der Waals surface area contributed by atoms with Crippen molar-refractivity contribution in [1.29, 1.82) is 0 Å². The Morgan fingerprint density at radius 1 is 1.15 bits per heavy atom. The minimum Gasteiger partial charge on any atom is -0.440 e. The summed E-state index contributed by atoms with van der Waals surface area (Å²) in [6.07, 6.45) is 5.91. The van der Waals surface area contributed by atoms with E-state index >= 15 is 0 Å². The van der Waals surface area contributed by atoms with Crippen LogP contribution in [0.15, 0.2) is 33.2 Å². The van der Waals surface area contributed by atoms with Gasteiger partial charge in [-0.3, -0.25) is 4.79 Å². The summed E-state index contributed by atoms with van der Waals surface area (Å²) in [5.74, 6) is 1.73. The molecule has 26 heavy (non-hydrogen) atoms. The van der Waals surface area contributed by atoms with Gasteiger partial charge < -0.3 is 13.8 Å². The van der Waals surface area contributed by atoms with Crippen LogP contribution in [-0.4, -0.2) is 34.0 Å². The van der Waals surface area contributed by atoms with E-state index in [1.54, 1.807) is 0 Å². The molecule has 2 aromatic heterocycles. The first-order valence-corrected chi connectivity index (χ1v) is 9.42. The van der Waals surface area contributed by atoms with Crippen LogP contribution in [0.2, 0.25) is 0 Å². The monoisotopic (exact) mass is 351 g/mol. The lowest BCUT2D eigenvalue weighted by Gasteiger charge is -2.31. The molecule has 1 unspecified atom stereocenters. The minimum atomic E-state index is -0.0160. The maximum absolute atomic E-state index is 13.0. The lowest BCUT2D eigenvalue weighted by Crippen LogP contribution is -2.39. The first-order valence-electron chi connectivity index (χ1n) is 9.42. The normalized spacial score (nSPS) is 20.3. The molecule has 0 N–H and O–H groups in total. The summed E-state index contributed by atoms with van der Waals surface area (Å²) in [5.41, 5.74) is 3.20. The fraction of sp³-hybridized carbons (Fsp3) is 0.450. The summed E-state index contributed by atoms with van der Waals surface area (Å²) in [7, 11) is 0. The van der Waals surface area contributed by atoms with Gasteiger partial charge in [-0.05, 0) is 44.2 Å². The second kappa shape index (κ2) is 6.27. The van der Waals surface area contributed by atoms with Crippen LogP contribution in [0.5, 0.6) is 0 Å². The van der Waals surface area contributed by atoms with E-state index in [0.717, 1.165) is 73.4 Å². The Morgan fingerprint density at radius 3 is 2.96 bits per heavy atom. The van der Waals surface area contributed by atoms with E-state index in [2.05, 4.69) is 10.1 Å². The molecule has 0 radical (unpaired) electrons. The predicted octanol–water partition coefficient (Wildman–Crippen LogP) is 3.71. The number of fused-ring (bicyclic) bond motifs is 2. The van der Waals surface area contributed by atoms with Crippen molar-refractivity contribution in [1.82, 2.24) is 15.0 Å². The summed E-state index contributed by atoms with van der Waals surface area (Å²) in [5, 5.41) is 4.10. The van der Waals surface area contributed by atoms with Gasteiger partial charge in [0.05, 0.1) is 5.92 Å². The second-order valence-corrected chi connectivity index (χ2v) is 7.25. The molecular formula is C20H21N3O3. The van der Waals surface area contributed by atoms with Gasteiger partial charge in [-0.2, -0.15) is 0 Å². The smallest absolute Gasteiger partial charge is 0.276 e. The lowest BCUT2D eigenvalue weighted by molar-refractivity contribution is 0.0687. The van der Waals surface area contributed by atoms with E-state index in [0.29, 0.717) is 12.2 Å². The third kappa shape index (κ3) is 2.60. The maximum atomic E-state index is 13.0. The van der Waals surface area contributed by atoms with Crippen LogP contribution in [0.1, 0.15) is 59.3 Å². The summed E-state index contributed by atoms with van der Waals surface area (Å²) < 4.78 is 11.4. The molecule has 1 amide bonds. The molecule has 134 valence electrons. The van der Waals surface area contributed by atoms with Gasteiger partial charge in [-0.1, -0.05) is 17.3 Å². The van der Waals surface area contributed by atoms with E-state index in [1.807, 2.05) is 29.2 Å². The van der Waals surface area contributed by atoms with Crippen molar-refractivity contribution in [3.05, 3.63) is 47.2 Å². The number of aromatic nitrogens is 2. The van der Waals surface area contributed by atoms with E-state index in [4.69, 9.17) is 8.94 Å². The third-order valence-electron chi connectivity index (χ3n) is 5.52.